The van der Waals surface area contributed by atoms with Gasteiger partial charge in [-0.05, 0) is 50.7 Å². The lowest BCUT2D eigenvalue weighted by Gasteiger charge is -2.14. The molecule has 0 unspecified atom stereocenters. The molecular formula is C26H30. The molecule has 0 aromatic heterocycles. The smallest absolute Gasteiger partial charge is 0.00240 e. The molecule has 4 aromatic carbocycles. The van der Waals surface area contributed by atoms with Crippen LogP contribution < -0.4 is 0 Å². The average molecular weight is 343 g/mol. The Morgan fingerprint density at radius 1 is 0.577 bits per heavy atom. The van der Waals surface area contributed by atoms with Crippen molar-refractivity contribution >= 4 is 32.3 Å². The minimum atomic E-state index is 1.21. The molecule has 134 valence electrons. The summed E-state index contributed by atoms with van der Waals surface area (Å²) in [6, 6.07) is 20.5. The molecule has 26 heavy (non-hydrogen) atoms. The first kappa shape index (κ1) is 17.3. The van der Waals surface area contributed by atoms with E-state index in [0.29, 0.717) is 0 Å². The lowest BCUT2D eigenvalue weighted by Crippen LogP contribution is -1.92. The van der Waals surface area contributed by atoms with E-state index in [1.807, 2.05) is 0 Å². The maximum absolute atomic E-state index is 2.45. The second-order valence-corrected chi connectivity index (χ2v) is 7.81. The van der Waals surface area contributed by atoms with E-state index < -0.39 is 0 Å². The van der Waals surface area contributed by atoms with Gasteiger partial charge in [0.05, 0.1) is 0 Å². The van der Waals surface area contributed by atoms with E-state index in [9.17, 15) is 0 Å². The predicted molar refractivity (Wildman–Crippen MR) is 116 cm³/mol. The molecule has 0 fully saturated rings. The van der Waals surface area contributed by atoms with Crippen LogP contribution in [0.2, 0.25) is 0 Å². The summed E-state index contributed by atoms with van der Waals surface area (Å²) in [5.41, 5.74) is 1.53. The van der Waals surface area contributed by atoms with E-state index in [1.54, 1.807) is 0 Å². The number of hydrogen-bond acceptors (Lipinski definition) is 0. The minimum Gasteiger partial charge on any atom is -0.0654 e. The molecule has 0 aliphatic rings. The van der Waals surface area contributed by atoms with Gasteiger partial charge in [-0.15, -0.1) is 0 Å². The standard InChI is InChI=1S/C26H30/c1-2-3-4-5-6-7-8-9-12-22-19-23-15-10-13-20-17-18-21-14-11-16-24(22)26(21)25(20)23/h10-11,13-19H,2-9,12H2,1H3. The quantitative estimate of drug-likeness (QED) is 0.212. The maximum Gasteiger partial charge on any atom is -0.00240 e. The molecule has 0 saturated heterocycles. The fourth-order valence-corrected chi connectivity index (χ4v) is 4.49. The van der Waals surface area contributed by atoms with E-state index in [1.165, 1.54) is 95.7 Å². The lowest BCUT2D eigenvalue weighted by atomic mass is 9.89. The van der Waals surface area contributed by atoms with Crippen molar-refractivity contribution in [1.82, 2.24) is 0 Å². The summed E-state index contributed by atoms with van der Waals surface area (Å²) < 4.78 is 0. The van der Waals surface area contributed by atoms with Crippen molar-refractivity contribution in [3.8, 4) is 0 Å². The van der Waals surface area contributed by atoms with Crippen LogP contribution in [0.1, 0.15) is 63.9 Å². The fraction of sp³-hybridized carbons (Fsp3) is 0.385. The monoisotopic (exact) mass is 342 g/mol. The van der Waals surface area contributed by atoms with Gasteiger partial charge in [0.25, 0.3) is 0 Å². The zero-order valence-corrected chi connectivity index (χ0v) is 16.1. The molecule has 4 aromatic rings. The molecule has 0 amide bonds. The lowest BCUT2D eigenvalue weighted by molar-refractivity contribution is 0.576. The molecule has 0 radical (unpaired) electrons. The Kier molecular flexibility index (Phi) is 5.39. The van der Waals surface area contributed by atoms with Crippen molar-refractivity contribution in [2.45, 2.75) is 64.7 Å². The number of benzene rings is 4. The van der Waals surface area contributed by atoms with Crippen LogP contribution in [0, 0.1) is 0 Å². The van der Waals surface area contributed by atoms with Crippen LogP contribution in [-0.4, -0.2) is 0 Å². The van der Waals surface area contributed by atoms with E-state index >= 15 is 0 Å². The van der Waals surface area contributed by atoms with Crippen molar-refractivity contribution in [2.75, 3.05) is 0 Å². The van der Waals surface area contributed by atoms with Crippen LogP contribution in [0.5, 0.6) is 0 Å². The Balaban J connectivity index is 1.52. The van der Waals surface area contributed by atoms with Crippen molar-refractivity contribution in [3.05, 3.63) is 60.2 Å². The van der Waals surface area contributed by atoms with Gasteiger partial charge in [0.15, 0.2) is 0 Å². The predicted octanol–water partition coefficient (Wildman–Crippen LogP) is 8.27. The minimum absolute atomic E-state index is 1.21. The molecule has 0 N–H and O–H groups in total. The summed E-state index contributed by atoms with van der Waals surface area (Å²) in [6.07, 6.45) is 12.3. The molecule has 0 atom stereocenters. The van der Waals surface area contributed by atoms with Gasteiger partial charge in [0.2, 0.25) is 0 Å². The molecule has 0 heterocycles. The number of rotatable bonds is 9. The number of unbranched alkanes of at least 4 members (excludes halogenated alkanes) is 7. The fourth-order valence-electron chi connectivity index (χ4n) is 4.49. The Morgan fingerprint density at radius 3 is 1.96 bits per heavy atom. The summed E-state index contributed by atoms with van der Waals surface area (Å²) in [7, 11) is 0. The van der Waals surface area contributed by atoms with Crippen LogP contribution in [0.3, 0.4) is 0 Å². The number of hydrogen-bond donors (Lipinski definition) is 0. The van der Waals surface area contributed by atoms with Crippen LogP contribution in [-0.2, 0) is 6.42 Å². The molecular weight excluding hydrogens is 312 g/mol. The highest BCUT2D eigenvalue weighted by Crippen LogP contribution is 2.36. The van der Waals surface area contributed by atoms with Gasteiger partial charge in [-0.2, -0.15) is 0 Å². The SMILES string of the molecule is CCCCCCCCCCc1cc2cccc3ccc4cccc1c4c32. The first-order chi connectivity index (χ1) is 12.9. The van der Waals surface area contributed by atoms with Crippen molar-refractivity contribution in [1.29, 1.82) is 0 Å². The summed E-state index contributed by atoms with van der Waals surface area (Å²) in [5.74, 6) is 0. The highest BCUT2D eigenvalue weighted by Gasteiger charge is 2.11. The molecule has 0 nitrogen and oxygen atoms in total. The third kappa shape index (κ3) is 3.43. The van der Waals surface area contributed by atoms with Crippen molar-refractivity contribution < 1.29 is 0 Å². The van der Waals surface area contributed by atoms with E-state index in [4.69, 9.17) is 0 Å². The molecule has 0 aliphatic carbocycles. The van der Waals surface area contributed by atoms with E-state index in [0.717, 1.165) is 0 Å². The molecule has 4 rings (SSSR count). The van der Waals surface area contributed by atoms with Crippen LogP contribution >= 0.6 is 0 Å². The zero-order chi connectivity index (χ0) is 17.8. The summed E-state index contributed by atoms with van der Waals surface area (Å²) in [5, 5.41) is 8.53. The highest BCUT2D eigenvalue weighted by atomic mass is 14.1. The van der Waals surface area contributed by atoms with Gasteiger partial charge in [0, 0.05) is 0 Å². The van der Waals surface area contributed by atoms with Gasteiger partial charge in [-0.25, -0.2) is 0 Å². The summed E-state index contributed by atoms with van der Waals surface area (Å²) >= 11 is 0. The normalized spacial score (nSPS) is 11.9. The third-order valence-corrected chi connectivity index (χ3v) is 5.89. The number of aryl methyl sites for hydroxylation is 1. The van der Waals surface area contributed by atoms with Gasteiger partial charge in [0.1, 0.15) is 0 Å². The van der Waals surface area contributed by atoms with Crippen molar-refractivity contribution in [3.63, 3.8) is 0 Å². The second kappa shape index (κ2) is 8.08. The topological polar surface area (TPSA) is 0 Å². The van der Waals surface area contributed by atoms with Crippen LogP contribution in [0.15, 0.2) is 54.6 Å². The third-order valence-electron chi connectivity index (χ3n) is 5.89. The first-order valence-electron chi connectivity index (χ1n) is 10.5. The molecule has 0 saturated carbocycles. The van der Waals surface area contributed by atoms with Gasteiger partial charge < -0.3 is 0 Å². The largest absolute Gasteiger partial charge is 0.0654 e. The Bertz CT molecular complexity index is 979. The molecule has 0 spiro atoms. The van der Waals surface area contributed by atoms with E-state index in [-0.39, 0.29) is 0 Å². The maximum atomic E-state index is 2.45. The van der Waals surface area contributed by atoms with Crippen molar-refractivity contribution in [2.24, 2.45) is 0 Å². The Morgan fingerprint density at radius 2 is 1.19 bits per heavy atom. The highest BCUT2D eigenvalue weighted by molar-refractivity contribution is 6.23. The van der Waals surface area contributed by atoms with Gasteiger partial charge in [-0.3, -0.25) is 0 Å². The van der Waals surface area contributed by atoms with Crippen LogP contribution in [0.25, 0.3) is 32.3 Å². The first-order valence-corrected chi connectivity index (χ1v) is 10.5. The molecule has 0 bridgehead atoms. The second-order valence-electron chi connectivity index (χ2n) is 7.81. The Labute approximate surface area is 157 Å². The summed E-state index contributed by atoms with van der Waals surface area (Å²) in [6.45, 7) is 2.29. The Hall–Kier alpha value is -2.08. The van der Waals surface area contributed by atoms with Gasteiger partial charge >= 0.3 is 0 Å². The molecule has 0 heteroatoms. The van der Waals surface area contributed by atoms with Gasteiger partial charge in [-0.1, -0.05) is 106 Å². The van der Waals surface area contributed by atoms with E-state index in [2.05, 4.69) is 61.5 Å². The molecule has 0 aliphatic heterocycles. The average Bonchev–Trinajstić information content (AvgIpc) is 2.68. The zero-order valence-electron chi connectivity index (χ0n) is 16.1. The van der Waals surface area contributed by atoms with Crippen LogP contribution in [0.4, 0.5) is 0 Å². The summed E-state index contributed by atoms with van der Waals surface area (Å²) in [4.78, 5) is 0.